The average Bonchev–Trinajstić information content (AvgIpc) is 2.76. The molecule has 0 bridgehead atoms. The summed E-state index contributed by atoms with van der Waals surface area (Å²) in [5.41, 5.74) is 8.38. The van der Waals surface area contributed by atoms with Gasteiger partial charge in [0.1, 0.15) is 5.01 Å². The third-order valence-corrected chi connectivity index (χ3v) is 4.18. The van der Waals surface area contributed by atoms with E-state index < -0.39 is 0 Å². The van der Waals surface area contributed by atoms with Crippen molar-refractivity contribution in [3.63, 3.8) is 0 Å². The summed E-state index contributed by atoms with van der Waals surface area (Å²) >= 11 is 1.72. The fraction of sp³-hybridized carbons (Fsp3) is 0.333. The Morgan fingerprint density at radius 2 is 2.38 bits per heavy atom. The molecule has 0 radical (unpaired) electrons. The Hall–Kier alpha value is -1.26. The number of hydrogen-bond acceptors (Lipinski definition) is 4. The molecule has 1 atom stereocenters. The first-order valence-corrected chi connectivity index (χ1v) is 6.32. The molecule has 0 fully saturated rings. The summed E-state index contributed by atoms with van der Waals surface area (Å²) in [5, 5.41) is 1.05. The predicted octanol–water partition coefficient (Wildman–Crippen LogP) is 2.54. The Bertz CT molecular complexity index is 492. The number of aromatic nitrogens is 2. The second-order valence-electron chi connectivity index (χ2n) is 4.07. The molecule has 1 unspecified atom stereocenters. The van der Waals surface area contributed by atoms with Gasteiger partial charge in [-0.2, -0.15) is 0 Å². The molecule has 2 heterocycles. The first-order valence-electron chi connectivity index (χ1n) is 5.50. The van der Waals surface area contributed by atoms with Gasteiger partial charge in [0, 0.05) is 28.9 Å². The van der Waals surface area contributed by atoms with Gasteiger partial charge in [-0.15, -0.1) is 11.3 Å². The van der Waals surface area contributed by atoms with Crippen molar-refractivity contribution in [3.05, 3.63) is 35.1 Å². The van der Waals surface area contributed by atoms with E-state index >= 15 is 0 Å². The SMILES string of the molecule is NC1CCCc2nc(-c3cccnc3)sc21. The van der Waals surface area contributed by atoms with Gasteiger partial charge in [-0.05, 0) is 31.4 Å². The summed E-state index contributed by atoms with van der Waals surface area (Å²) in [6, 6.07) is 4.17. The lowest BCUT2D eigenvalue weighted by Gasteiger charge is -2.15. The first kappa shape index (κ1) is 9.93. The molecule has 0 spiro atoms. The Labute approximate surface area is 98.4 Å². The maximum Gasteiger partial charge on any atom is 0.125 e. The van der Waals surface area contributed by atoms with E-state index in [-0.39, 0.29) is 6.04 Å². The van der Waals surface area contributed by atoms with Crippen LogP contribution in [0.1, 0.15) is 29.5 Å². The zero-order valence-corrected chi connectivity index (χ0v) is 9.70. The molecule has 3 nitrogen and oxygen atoms in total. The van der Waals surface area contributed by atoms with Gasteiger partial charge in [0.15, 0.2) is 0 Å². The average molecular weight is 231 g/mol. The Morgan fingerprint density at radius 1 is 1.44 bits per heavy atom. The lowest BCUT2D eigenvalue weighted by molar-refractivity contribution is 0.573. The molecule has 1 aliphatic rings. The van der Waals surface area contributed by atoms with Gasteiger partial charge in [-0.25, -0.2) is 4.98 Å². The van der Waals surface area contributed by atoms with Crippen molar-refractivity contribution in [2.45, 2.75) is 25.3 Å². The number of nitrogens with zero attached hydrogens (tertiary/aromatic N) is 2. The maximum atomic E-state index is 6.09. The van der Waals surface area contributed by atoms with E-state index in [0.717, 1.165) is 29.8 Å². The molecule has 0 saturated carbocycles. The molecule has 1 aliphatic carbocycles. The second-order valence-corrected chi connectivity index (χ2v) is 5.10. The number of nitrogens with two attached hydrogens (primary N) is 1. The van der Waals surface area contributed by atoms with E-state index in [1.165, 1.54) is 10.6 Å². The zero-order chi connectivity index (χ0) is 11.0. The molecule has 16 heavy (non-hydrogen) atoms. The number of aryl methyl sites for hydroxylation is 1. The van der Waals surface area contributed by atoms with Crippen LogP contribution in [0.3, 0.4) is 0 Å². The maximum absolute atomic E-state index is 6.09. The van der Waals surface area contributed by atoms with E-state index in [1.54, 1.807) is 17.5 Å². The molecule has 0 aromatic carbocycles. The Morgan fingerprint density at radius 3 is 3.12 bits per heavy atom. The molecular weight excluding hydrogens is 218 g/mol. The summed E-state index contributed by atoms with van der Waals surface area (Å²) in [4.78, 5) is 10.1. The van der Waals surface area contributed by atoms with Gasteiger partial charge in [-0.1, -0.05) is 0 Å². The number of pyridine rings is 1. The molecular formula is C12H13N3S. The first-order chi connectivity index (χ1) is 7.84. The van der Waals surface area contributed by atoms with Crippen molar-refractivity contribution in [3.8, 4) is 10.6 Å². The van der Waals surface area contributed by atoms with E-state index in [2.05, 4.69) is 9.97 Å². The standard InChI is InChI=1S/C12H13N3S/c13-9-4-1-5-10-11(9)16-12(15-10)8-3-2-6-14-7-8/h2-3,6-7,9H,1,4-5,13H2. The largest absolute Gasteiger partial charge is 0.323 e. The van der Waals surface area contributed by atoms with E-state index in [4.69, 9.17) is 5.73 Å². The minimum Gasteiger partial charge on any atom is -0.323 e. The molecule has 3 rings (SSSR count). The van der Waals surface area contributed by atoms with Gasteiger partial charge >= 0.3 is 0 Å². The monoisotopic (exact) mass is 231 g/mol. The molecule has 2 N–H and O–H groups in total. The van der Waals surface area contributed by atoms with Gasteiger partial charge in [0.2, 0.25) is 0 Å². The lowest BCUT2D eigenvalue weighted by atomic mass is 9.99. The quantitative estimate of drug-likeness (QED) is 0.820. The minimum atomic E-state index is 0.187. The van der Waals surface area contributed by atoms with Crippen LogP contribution < -0.4 is 5.73 Å². The fourth-order valence-corrected chi connectivity index (χ4v) is 3.20. The number of hydrogen-bond donors (Lipinski definition) is 1. The fourth-order valence-electron chi connectivity index (χ4n) is 2.07. The van der Waals surface area contributed by atoms with E-state index in [9.17, 15) is 0 Å². The number of thiazole rings is 1. The minimum absolute atomic E-state index is 0.187. The van der Waals surface area contributed by atoms with Crippen LogP contribution in [0.25, 0.3) is 10.6 Å². The zero-order valence-electron chi connectivity index (χ0n) is 8.89. The van der Waals surface area contributed by atoms with Crippen LogP contribution in [0.4, 0.5) is 0 Å². The Balaban J connectivity index is 2.05. The van der Waals surface area contributed by atoms with Gasteiger partial charge in [-0.3, -0.25) is 4.98 Å². The van der Waals surface area contributed by atoms with Crippen LogP contribution in [-0.4, -0.2) is 9.97 Å². The predicted molar refractivity (Wildman–Crippen MR) is 65.2 cm³/mol. The van der Waals surface area contributed by atoms with Crippen LogP contribution in [0.15, 0.2) is 24.5 Å². The van der Waals surface area contributed by atoms with Crippen molar-refractivity contribution in [1.82, 2.24) is 9.97 Å². The van der Waals surface area contributed by atoms with E-state index in [0.29, 0.717) is 0 Å². The van der Waals surface area contributed by atoms with Gasteiger partial charge in [0.05, 0.1) is 5.69 Å². The molecule has 0 amide bonds. The topological polar surface area (TPSA) is 51.8 Å². The highest BCUT2D eigenvalue weighted by atomic mass is 32.1. The molecule has 4 heteroatoms. The van der Waals surface area contributed by atoms with Crippen LogP contribution in [0, 0.1) is 0 Å². The van der Waals surface area contributed by atoms with Crippen molar-refractivity contribution >= 4 is 11.3 Å². The smallest absolute Gasteiger partial charge is 0.125 e. The molecule has 82 valence electrons. The normalized spacial score (nSPS) is 19.4. The van der Waals surface area contributed by atoms with Crippen LogP contribution in [0.5, 0.6) is 0 Å². The molecule has 2 aromatic heterocycles. The van der Waals surface area contributed by atoms with Crippen molar-refractivity contribution in [2.24, 2.45) is 5.73 Å². The highest BCUT2D eigenvalue weighted by molar-refractivity contribution is 7.15. The summed E-state index contributed by atoms with van der Waals surface area (Å²) in [6.45, 7) is 0. The van der Waals surface area contributed by atoms with Crippen molar-refractivity contribution < 1.29 is 0 Å². The van der Waals surface area contributed by atoms with Crippen molar-refractivity contribution in [2.75, 3.05) is 0 Å². The molecule has 2 aromatic rings. The third-order valence-electron chi connectivity index (χ3n) is 2.90. The van der Waals surface area contributed by atoms with Crippen LogP contribution >= 0.6 is 11.3 Å². The number of fused-ring (bicyclic) bond motifs is 1. The summed E-state index contributed by atoms with van der Waals surface area (Å²) < 4.78 is 0. The van der Waals surface area contributed by atoms with Crippen molar-refractivity contribution in [1.29, 1.82) is 0 Å². The van der Waals surface area contributed by atoms with Crippen LogP contribution in [0.2, 0.25) is 0 Å². The summed E-state index contributed by atoms with van der Waals surface area (Å²) in [5.74, 6) is 0. The lowest BCUT2D eigenvalue weighted by Crippen LogP contribution is -2.15. The number of rotatable bonds is 1. The van der Waals surface area contributed by atoms with Gasteiger partial charge < -0.3 is 5.73 Å². The van der Waals surface area contributed by atoms with E-state index in [1.807, 2.05) is 18.3 Å². The Kier molecular flexibility index (Phi) is 2.46. The second kappa shape index (κ2) is 3.96. The van der Waals surface area contributed by atoms with Gasteiger partial charge in [0.25, 0.3) is 0 Å². The highest BCUT2D eigenvalue weighted by Crippen LogP contribution is 2.36. The molecule has 0 saturated heterocycles. The van der Waals surface area contributed by atoms with Crippen LogP contribution in [-0.2, 0) is 6.42 Å². The highest BCUT2D eigenvalue weighted by Gasteiger charge is 2.21. The molecule has 0 aliphatic heterocycles. The summed E-state index contributed by atoms with van der Waals surface area (Å²) in [7, 11) is 0. The summed E-state index contributed by atoms with van der Waals surface area (Å²) in [6.07, 6.45) is 6.95. The third kappa shape index (κ3) is 1.64.